The molecule has 1 aromatic rings. The third-order valence-corrected chi connectivity index (χ3v) is 3.33. The Morgan fingerprint density at radius 1 is 1.22 bits per heavy atom. The van der Waals surface area contributed by atoms with E-state index in [9.17, 15) is 9.59 Å². The summed E-state index contributed by atoms with van der Waals surface area (Å²) in [5.41, 5.74) is 5.68. The average Bonchev–Trinajstić information content (AvgIpc) is 2.35. The van der Waals surface area contributed by atoms with Gasteiger partial charge in [-0.15, -0.1) is 0 Å². The van der Waals surface area contributed by atoms with Crippen molar-refractivity contribution < 1.29 is 0 Å². The summed E-state index contributed by atoms with van der Waals surface area (Å²) in [7, 11) is 0. The summed E-state index contributed by atoms with van der Waals surface area (Å²) >= 11 is 0. The van der Waals surface area contributed by atoms with Crippen molar-refractivity contribution in [2.75, 3.05) is 23.7 Å². The fraction of sp³-hybridized carbons (Fsp3) is 0.667. The summed E-state index contributed by atoms with van der Waals surface area (Å²) in [5, 5.41) is 0. The molecule has 2 heterocycles. The highest BCUT2D eigenvalue weighted by Gasteiger charge is 2.19. The minimum Gasteiger partial charge on any atom is -0.383 e. The molecule has 0 amide bonds. The van der Waals surface area contributed by atoms with Crippen molar-refractivity contribution in [3.05, 3.63) is 20.8 Å². The first-order valence-corrected chi connectivity index (χ1v) is 6.52. The molecule has 100 valence electrons. The third-order valence-electron chi connectivity index (χ3n) is 3.33. The SMILES string of the molecule is CCCn1c(N)c(N2CCCCC2)c(=O)[nH]c1=O. The summed E-state index contributed by atoms with van der Waals surface area (Å²) in [6, 6.07) is 0. The molecule has 1 fully saturated rings. The van der Waals surface area contributed by atoms with Crippen LogP contribution in [0.5, 0.6) is 0 Å². The zero-order chi connectivity index (χ0) is 13.1. The van der Waals surface area contributed by atoms with E-state index in [1.807, 2.05) is 11.8 Å². The number of piperidine rings is 1. The third kappa shape index (κ3) is 2.27. The van der Waals surface area contributed by atoms with Crippen LogP contribution in [0.15, 0.2) is 9.59 Å². The molecule has 6 heteroatoms. The molecule has 18 heavy (non-hydrogen) atoms. The fourth-order valence-electron chi connectivity index (χ4n) is 2.45. The van der Waals surface area contributed by atoms with Crippen LogP contribution in [0.4, 0.5) is 11.5 Å². The molecule has 0 aromatic carbocycles. The van der Waals surface area contributed by atoms with Gasteiger partial charge in [0.25, 0.3) is 5.56 Å². The van der Waals surface area contributed by atoms with Crippen LogP contribution < -0.4 is 21.9 Å². The molecular formula is C12H20N4O2. The van der Waals surface area contributed by atoms with Gasteiger partial charge in [0, 0.05) is 19.6 Å². The van der Waals surface area contributed by atoms with Crippen molar-refractivity contribution in [3.8, 4) is 0 Å². The van der Waals surface area contributed by atoms with Crippen LogP contribution in [-0.2, 0) is 6.54 Å². The molecule has 2 rings (SSSR count). The largest absolute Gasteiger partial charge is 0.383 e. The lowest BCUT2D eigenvalue weighted by molar-refractivity contribution is 0.569. The first-order valence-electron chi connectivity index (χ1n) is 6.52. The van der Waals surface area contributed by atoms with Crippen molar-refractivity contribution in [2.45, 2.75) is 39.2 Å². The monoisotopic (exact) mass is 252 g/mol. The van der Waals surface area contributed by atoms with E-state index in [1.54, 1.807) is 0 Å². The Morgan fingerprint density at radius 3 is 2.50 bits per heavy atom. The molecule has 0 unspecified atom stereocenters. The summed E-state index contributed by atoms with van der Waals surface area (Å²) < 4.78 is 1.45. The van der Waals surface area contributed by atoms with Crippen molar-refractivity contribution >= 4 is 11.5 Å². The first kappa shape index (κ1) is 12.7. The van der Waals surface area contributed by atoms with Gasteiger partial charge in [0.2, 0.25) is 0 Å². The van der Waals surface area contributed by atoms with Crippen LogP contribution in [0.3, 0.4) is 0 Å². The van der Waals surface area contributed by atoms with Crippen LogP contribution in [0.2, 0.25) is 0 Å². The smallest absolute Gasteiger partial charge is 0.330 e. The van der Waals surface area contributed by atoms with Crippen molar-refractivity contribution in [1.82, 2.24) is 9.55 Å². The first-order chi connectivity index (χ1) is 8.65. The number of anilines is 2. The Kier molecular flexibility index (Phi) is 3.74. The summed E-state index contributed by atoms with van der Waals surface area (Å²) in [5.74, 6) is 0.299. The van der Waals surface area contributed by atoms with E-state index in [1.165, 1.54) is 11.0 Å². The Bertz CT molecular complexity index is 526. The Labute approximate surface area is 105 Å². The molecule has 0 aliphatic carbocycles. The number of hydrogen-bond acceptors (Lipinski definition) is 4. The Hall–Kier alpha value is -1.72. The van der Waals surface area contributed by atoms with Gasteiger partial charge in [0.1, 0.15) is 11.5 Å². The average molecular weight is 252 g/mol. The van der Waals surface area contributed by atoms with Crippen LogP contribution in [-0.4, -0.2) is 22.6 Å². The van der Waals surface area contributed by atoms with E-state index in [2.05, 4.69) is 4.98 Å². The van der Waals surface area contributed by atoms with Gasteiger partial charge in [-0.3, -0.25) is 14.3 Å². The molecule has 0 bridgehead atoms. The number of H-pyrrole nitrogens is 1. The molecule has 0 atom stereocenters. The normalized spacial score (nSPS) is 15.9. The molecular weight excluding hydrogens is 232 g/mol. The van der Waals surface area contributed by atoms with Crippen LogP contribution in [0.1, 0.15) is 32.6 Å². The minimum absolute atomic E-state index is 0.299. The second-order valence-corrected chi connectivity index (χ2v) is 4.69. The van der Waals surface area contributed by atoms with E-state index in [0.717, 1.165) is 32.4 Å². The van der Waals surface area contributed by atoms with Crippen LogP contribution in [0.25, 0.3) is 0 Å². The van der Waals surface area contributed by atoms with Gasteiger partial charge in [-0.25, -0.2) is 4.79 Å². The van der Waals surface area contributed by atoms with E-state index in [-0.39, 0.29) is 5.56 Å². The second-order valence-electron chi connectivity index (χ2n) is 4.69. The molecule has 1 aromatic heterocycles. The Balaban J connectivity index is 2.48. The van der Waals surface area contributed by atoms with Gasteiger partial charge in [-0.05, 0) is 25.7 Å². The number of aromatic nitrogens is 2. The molecule has 1 aliphatic heterocycles. The second kappa shape index (κ2) is 5.29. The van der Waals surface area contributed by atoms with Gasteiger partial charge in [-0.1, -0.05) is 6.92 Å². The van der Waals surface area contributed by atoms with Gasteiger partial charge in [-0.2, -0.15) is 0 Å². The van der Waals surface area contributed by atoms with Gasteiger partial charge in [0.15, 0.2) is 0 Å². The lowest BCUT2D eigenvalue weighted by atomic mass is 10.1. The van der Waals surface area contributed by atoms with Gasteiger partial charge in [0.05, 0.1) is 0 Å². The van der Waals surface area contributed by atoms with Crippen LogP contribution >= 0.6 is 0 Å². The lowest BCUT2D eigenvalue weighted by Crippen LogP contribution is -2.40. The number of nitrogens with two attached hydrogens (primary N) is 1. The minimum atomic E-state index is -0.417. The number of nitrogens with zero attached hydrogens (tertiary/aromatic N) is 2. The summed E-state index contributed by atoms with van der Waals surface area (Å²) in [6.07, 6.45) is 4.11. The standard InChI is InChI=1S/C12H20N4O2/c1-2-6-16-10(13)9(11(17)14-12(16)18)15-7-4-3-5-8-15/h2-8,13H2,1H3,(H,14,17,18). The highest BCUT2D eigenvalue weighted by molar-refractivity contribution is 5.62. The quantitative estimate of drug-likeness (QED) is 0.821. The van der Waals surface area contributed by atoms with Crippen molar-refractivity contribution in [2.24, 2.45) is 0 Å². The number of nitrogens with one attached hydrogen (secondary N) is 1. The molecule has 1 aliphatic rings. The Morgan fingerprint density at radius 2 is 1.89 bits per heavy atom. The highest BCUT2D eigenvalue weighted by Crippen LogP contribution is 2.20. The molecule has 0 saturated carbocycles. The van der Waals surface area contributed by atoms with Gasteiger partial charge >= 0.3 is 5.69 Å². The number of nitrogen functional groups attached to an aromatic ring is 1. The van der Waals surface area contributed by atoms with Crippen molar-refractivity contribution in [1.29, 1.82) is 0 Å². The zero-order valence-electron chi connectivity index (χ0n) is 10.7. The predicted molar refractivity (Wildman–Crippen MR) is 72.1 cm³/mol. The number of aromatic amines is 1. The maximum absolute atomic E-state index is 11.9. The molecule has 0 spiro atoms. The molecule has 6 nitrogen and oxygen atoms in total. The fourth-order valence-corrected chi connectivity index (χ4v) is 2.45. The van der Waals surface area contributed by atoms with Crippen molar-refractivity contribution in [3.63, 3.8) is 0 Å². The molecule has 3 N–H and O–H groups in total. The topological polar surface area (TPSA) is 84.1 Å². The number of hydrogen-bond donors (Lipinski definition) is 2. The predicted octanol–water partition coefficient (Wildman–Crippen LogP) is 0.519. The van der Waals surface area contributed by atoms with E-state index >= 15 is 0 Å². The molecule has 0 radical (unpaired) electrons. The zero-order valence-corrected chi connectivity index (χ0v) is 10.7. The van der Waals surface area contributed by atoms with E-state index < -0.39 is 5.69 Å². The summed E-state index contributed by atoms with van der Waals surface area (Å²) in [6.45, 7) is 4.16. The van der Waals surface area contributed by atoms with Crippen LogP contribution in [0, 0.1) is 0 Å². The highest BCUT2D eigenvalue weighted by atomic mass is 16.2. The maximum atomic E-state index is 11.9. The van der Waals surface area contributed by atoms with E-state index in [4.69, 9.17) is 5.73 Å². The van der Waals surface area contributed by atoms with Gasteiger partial charge < -0.3 is 10.6 Å². The van der Waals surface area contributed by atoms with E-state index in [0.29, 0.717) is 18.1 Å². The summed E-state index contributed by atoms with van der Waals surface area (Å²) in [4.78, 5) is 28.0. The number of rotatable bonds is 3. The maximum Gasteiger partial charge on any atom is 0.330 e. The lowest BCUT2D eigenvalue weighted by Gasteiger charge is -2.29. The molecule has 1 saturated heterocycles.